The third-order valence-corrected chi connectivity index (χ3v) is 4.60. The van der Waals surface area contributed by atoms with Crippen molar-refractivity contribution in [3.8, 4) is 0 Å². The van der Waals surface area contributed by atoms with E-state index in [0.717, 1.165) is 12.5 Å². The molecule has 1 aliphatic rings. The molecule has 120 valence electrons. The Kier molecular flexibility index (Phi) is 5.17. The number of hydrogen-bond acceptors (Lipinski definition) is 1. The van der Waals surface area contributed by atoms with Gasteiger partial charge < -0.3 is 5.32 Å². The number of anilines is 1. The maximum Gasteiger partial charge on any atom is 0.0400 e. The lowest BCUT2D eigenvalue weighted by Gasteiger charge is -2.33. The average Bonchev–Trinajstić information content (AvgIpc) is 2.53. The summed E-state index contributed by atoms with van der Waals surface area (Å²) in [5.74, 6) is 1.38. The van der Waals surface area contributed by atoms with E-state index in [9.17, 15) is 0 Å². The van der Waals surface area contributed by atoms with Crippen molar-refractivity contribution in [2.24, 2.45) is 5.92 Å². The van der Waals surface area contributed by atoms with Gasteiger partial charge in [0, 0.05) is 12.2 Å². The maximum absolute atomic E-state index is 3.64. The summed E-state index contributed by atoms with van der Waals surface area (Å²) in [5, 5.41) is 3.64. The van der Waals surface area contributed by atoms with Crippen LogP contribution in [0.25, 0.3) is 0 Å². The van der Waals surface area contributed by atoms with Crippen LogP contribution in [0.4, 0.5) is 5.69 Å². The van der Waals surface area contributed by atoms with E-state index in [1.54, 1.807) is 5.56 Å². The Labute approximate surface area is 140 Å². The normalized spacial score (nSPS) is 16.4. The van der Waals surface area contributed by atoms with Gasteiger partial charge in [-0.15, -0.1) is 0 Å². The van der Waals surface area contributed by atoms with Crippen molar-refractivity contribution >= 4 is 5.69 Å². The second kappa shape index (κ2) is 7.50. The third kappa shape index (κ3) is 4.04. The molecule has 1 atom stereocenters. The molecule has 1 heteroatoms. The summed E-state index contributed by atoms with van der Waals surface area (Å²) in [6.07, 6.45) is 8.36. The summed E-state index contributed by atoms with van der Waals surface area (Å²) in [5.41, 5.74) is 5.75. The number of nitrogens with one attached hydrogen (secondary N) is 1. The van der Waals surface area contributed by atoms with E-state index in [0.29, 0.717) is 5.92 Å². The summed E-state index contributed by atoms with van der Waals surface area (Å²) < 4.78 is 0. The monoisotopic (exact) mass is 305 g/mol. The van der Waals surface area contributed by atoms with Crippen LogP contribution in [0.1, 0.15) is 49.3 Å². The highest BCUT2D eigenvalue weighted by atomic mass is 14.9. The standard InChI is InChI=1S/C22H27N/c1-17(2)9-6-7-12-19-15-20-13-8-14-21(22(19)20)23-16-18-10-4-3-5-11-18/h3-6,8-11,13-14,17,19,23H,7,12,15-16H2,1-2H3/b9-6+. The molecule has 1 N–H and O–H groups in total. The van der Waals surface area contributed by atoms with Crippen LogP contribution in [-0.4, -0.2) is 0 Å². The molecule has 2 aromatic carbocycles. The molecule has 0 amide bonds. The van der Waals surface area contributed by atoms with E-state index < -0.39 is 0 Å². The zero-order chi connectivity index (χ0) is 16.1. The minimum atomic E-state index is 0.659. The van der Waals surface area contributed by atoms with Crippen molar-refractivity contribution in [1.82, 2.24) is 0 Å². The van der Waals surface area contributed by atoms with E-state index in [4.69, 9.17) is 0 Å². The Hall–Kier alpha value is -2.02. The molecular weight excluding hydrogens is 278 g/mol. The molecule has 0 bridgehead atoms. The van der Waals surface area contributed by atoms with Crippen LogP contribution >= 0.6 is 0 Å². The minimum Gasteiger partial charge on any atom is -0.381 e. The van der Waals surface area contributed by atoms with Gasteiger partial charge in [0.05, 0.1) is 0 Å². The van der Waals surface area contributed by atoms with Crippen LogP contribution in [0, 0.1) is 5.92 Å². The predicted octanol–water partition coefficient (Wildman–Crippen LogP) is 5.93. The Morgan fingerprint density at radius 1 is 1.09 bits per heavy atom. The Morgan fingerprint density at radius 2 is 1.91 bits per heavy atom. The third-order valence-electron chi connectivity index (χ3n) is 4.60. The summed E-state index contributed by atoms with van der Waals surface area (Å²) in [6.45, 7) is 5.37. The first kappa shape index (κ1) is 15.9. The lowest BCUT2D eigenvalue weighted by atomic mass is 9.74. The van der Waals surface area contributed by atoms with Crippen LogP contribution in [0.5, 0.6) is 0 Å². The largest absolute Gasteiger partial charge is 0.381 e. The van der Waals surface area contributed by atoms with Crippen LogP contribution < -0.4 is 5.32 Å². The molecule has 1 nitrogen and oxygen atoms in total. The molecule has 0 aromatic heterocycles. The second-order valence-electron chi connectivity index (χ2n) is 6.87. The van der Waals surface area contributed by atoms with Gasteiger partial charge >= 0.3 is 0 Å². The van der Waals surface area contributed by atoms with E-state index in [2.05, 4.69) is 79.8 Å². The molecule has 23 heavy (non-hydrogen) atoms. The molecule has 1 unspecified atom stereocenters. The first-order valence-corrected chi connectivity index (χ1v) is 8.80. The van der Waals surface area contributed by atoms with E-state index in [1.807, 2.05) is 0 Å². The molecule has 3 rings (SSSR count). The number of hydrogen-bond donors (Lipinski definition) is 1. The molecule has 0 spiro atoms. The second-order valence-corrected chi connectivity index (χ2v) is 6.87. The lowest BCUT2D eigenvalue weighted by molar-refractivity contribution is 0.566. The van der Waals surface area contributed by atoms with Crippen LogP contribution in [-0.2, 0) is 13.0 Å². The van der Waals surface area contributed by atoms with Gasteiger partial charge in [-0.05, 0) is 53.9 Å². The van der Waals surface area contributed by atoms with Gasteiger partial charge in [0.1, 0.15) is 0 Å². The van der Waals surface area contributed by atoms with Crippen molar-refractivity contribution in [2.75, 3.05) is 5.32 Å². The SMILES string of the molecule is CC(C)/C=C/CCC1Cc2cccc(NCc3ccccc3)c21. The van der Waals surface area contributed by atoms with Crippen molar-refractivity contribution in [2.45, 2.75) is 45.6 Å². The van der Waals surface area contributed by atoms with E-state index in [1.165, 1.54) is 36.1 Å². The van der Waals surface area contributed by atoms with Gasteiger partial charge in [0.2, 0.25) is 0 Å². The summed E-state index contributed by atoms with van der Waals surface area (Å²) >= 11 is 0. The van der Waals surface area contributed by atoms with Gasteiger partial charge in [0.15, 0.2) is 0 Å². The van der Waals surface area contributed by atoms with Crippen LogP contribution in [0.2, 0.25) is 0 Å². The van der Waals surface area contributed by atoms with Crippen LogP contribution in [0.15, 0.2) is 60.7 Å². The van der Waals surface area contributed by atoms with Gasteiger partial charge in [-0.3, -0.25) is 0 Å². The quantitative estimate of drug-likeness (QED) is 0.625. The molecule has 0 aliphatic heterocycles. The van der Waals surface area contributed by atoms with Gasteiger partial charge in [-0.1, -0.05) is 68.5 Å². The molecule has 0 saturated heterocycles. The number of benzene rings is 2. The Balaban J connectivity index is 1.61. The minimum absolute atomic E-state index is 0.659. The summed E-state index contributed by atoms with van der Waals surface area (Å²) in [6, 6.07) is 17.3. The van der Waals surface area contributed by atoms with Gasteiger partial charge in [-0.2, -0.15) is 0 Å². The Bertz CT molecular complexity index is 655. The zero-order valence-electron chi connectivity index (χ0n) is 14.3. The predicted molar refractivity (Wildman–Crippen MR) is 99.9 cm³/mol. The van der Waals surface area contributed by atoms with Gasteiger partial charge in [-0.25, -0.2) is 0 Å². The molecular formula is C22H27N. The lowest BCUT2D eigenvalue weighted by Crippen LogP contribution is -2.19. The Morgan fingerprint density at radius 3 is 2.70 bits per heavy atom. The summed E-state index contributed by atoms with van der Waals surface area (Å²) in [7, 11) is 0. The summed E-state index contributed by atoms with van der Waals surface area (Å²) in [4.78, 5) is 0. The van der Waals surface area contributed by atoms with Crippen molar-refractivity contribution < 1.29 is 0 Å². The number of fused-ring (bicyclic) bond motifs is 1. The highest BCUT2D eigenvalue weighted by Crippen LogP contribution is 2.43. The zero-order valence-corrected chi connectivity index (χ0v) is 14.3. The van der Waals surface area contributed by atoms with Crippen molar-refractivity contribution in [1.29, 1.82) is 0 Å². The highest BCUT2D eigenvalue weighted by Gasteiger charge is 2.27. The first-order chi connectivity index (χ1) is 11.2. The fourth-order valence-corrected chi connectivity index (χ4v) is 3.37. The smallest absolute Gasteiger partial charge is 0.0400 e. The first-order valence-electron chi connectivity index (χ1n) is 8.80. The maximum atomic E-state index is 3.64. The van der Waals surface area contributed by atoms with Crippen molar-refractivity contribution in [3.05, 3.63) is 77.4 Å². The van der Waals surface area contributed by atoms with E-state index >= 15 is 0 Å². The number of rotatable bonds is 7. The average molecular weight is 305 g/mol. The van der Waals surface area contributed by atoms with Crippen LogP contribution in [0.3, 0.4) is 0 Å². The molecule has 0 radical (unpaired) electrons. The van der Waals surface area contributed by atoms with E-state index in [-0.39, 0.29) is 0 Å². The van der Waals surface area contributed by atoms with Crippen molar-refractivity contribution in [3.63, 3.8) is 0 Å². The molecule has 0 heterocycles. The molecule has 0 fully saturated rings. The fraction of sp³-hybridized carbons (Fsp3) is 0.364. The molecule has 0 saturated carbocycles. The van der Waals surface area contributed by atoms with Gasteiger partial charge in [0.25, 0.3) is 0 Å². The molecule has 1 aliphatic carbocycles. The number of allylic oxidation sites excluding steroid dienone is 2. The molecule has 2 aromatic rings. The fourth-order valence-electron chi connectivity index (χ4n) is 3.37. The highest BCUT2D eigenvalue weighted by molar-refractivity contribution is 5.61. The topological polar surface area (TPSA) is 12.0 Å².